The van der Waals surface area contributed by atoms with Gasteiger partial charge in [-0.15, -0.1) is 0 Å². The first kappa shape index (κ1) is 28.0. The van der Waals surface area contributed by atoms with Gasteiger partial charge >= 0.3 is 0 Å². The number of carbonyl (C=O) groups excluding carboxylic acids is 1. The number of anilines is 1. The van der Waals surface area contributed by atoms with Crippen LogP contribution in [0.1, 0.15) is 33.3 Å². The van der Waals surface area contributed by atoms with E-state index in [9.17, 15) is 4.79 Å². The lowest BCUT2D eigenvalue weighted by Gasteiger charge is -2.35. The van der Waals surface area contributed by atoms with Crippen LogP contribution in [0.5, 0.6) is 11.5 Å². The Hall–Kier alpha value is -4.13. The lowest BCUT2D eigenvalue weighted by molar-refractivity contribution is 0.0921. The van der Waals surface area contributed by atoms with Crippen LogP contribution in [0.3, 0.4) is 0 Å². The molecular weight excluding hydrogens is 556 g/mol. The number of benzene rings is 1. The molecule has 1 N–H and O–H groups in total. The number of hydrogen-bond acceptors (Lipinski definition) is 11. The number of nitrogens with zero attached hydrogens (tertiary/aromatic N) is 5. The Labute approximate surface area is 248 Å². The zero-order valence-electron chi connectivity index (χ0n) is 23.3. The summed E-state index contributed by atoms with van der Waals surface area (Å²) in [7, 11) is 1.66. The predicted molar refractivity (Wildman–Crippen MR) is 156 cm³/mol. The van der Waals surface area contributed by atoms with Gasteiger partial charge in [-0.3, -0.25) is 14.7 Å². The van der Waals surface area contributed by atoms with Gasteiger partial charge in [0.1, 0.15) is 11.6 Å². The Kier molecular flexibility index (Phi) is 8.83. The third-order valence-corrected chi connectivity index (χ3v) is 7.83. The fourth-order valence-corrected chi connectivity index (χ4v) is 5.58. The fraction of sp³-hybridized carbons (Fsp3) is 0.333. The molecule has 2 aliphatic rings. The summed E-state index contributed by atoms with van der Waals surface area (Å²) in [6.45, 7) is 5.41. The van der Waals surface area contributed by atoms with Crippen LogP contribution in [0.4, 0.5) is 5.82 Å². The third kappa shape index (κ3) is 7.01. The lowest BCUT2D eigenvalue weighted by atomic mass is 10.1. The zero-order valence-corrected chi connectivity index (χ0v) is 24.1. The summed E-state index contributed by atoms with van der Waals surface area (Å²) >= 11 is 1.47. The highest BCUT2D eigenvalue weighted by molar-refractivity contribution is 7.98. The molecule has 1 saturated heterocycles. The van der Waals surface area contributed by atoms with Gasteiger partial charge in [0.15, 0.2) is 22.4 Å². The number of aromatic nitrogens is 3. The standard InChI is InChI=1S/C30H32N6O5S/c1-38-18-23-15-28(36-12-10-35(11-13-36)17-21-5-7-25-27(14-21)40-20-39-25)34-30(33-23)42-19-24-6-8-26(41-24)29(37)32-16-22-4-2-3-9-31-22/h2-9,14-15H,10-13,16-20H2,1H3,(H,32,37). The van der Waals surface area contributed by atoms with Crippen molar-refractivity contribution in [2.24, 2.45) is 0 Å². The number of pyridine rings is 1. The van der Waals surface area contributed by atoms with Gasteiger partial charge in [-0.25, -0.2) is 9.97 Å². The number of amides is 1. The van der Waals surface area contributed by atoms with Crippen LogP contribution in [-0.2, 0) is 30.2 Å². The van der Waals surface area contributed by atoms with E-state index in [0.717, 1.165) is 61.4 Å². The Morgan fingerprint density at radius 1 is 1.00 bits per heavy atom. The third-order valence-electron chi connectivity index (χ3n) is 6.96. The quantitative estimate of drug-likeness (QED) is 0.203. The lowest BCUT2D eigenvalue weighted by Crippen LogP contribution is -2.46. The Morgan fingerprint density at radius 3 is 2.71 bits per heavy atom. The SMILES string of the molecule is COCc1cc(N2CCN(Cc3ccc4c(c3)OCO4)CC2)nc(SCc2ccc(C(=O)NCc3ccccn3)o2)n1. The van der Waals surface area contributed by atoms with Crippen molar-refractivity contribution in [1.82, 2.24) is 25.2 Å². The summed E-state index contributed by atoms with van der Waals surface area (Å²) in [5, 5.41) is 3.47. The first-order valence-corrected chi connectivity index (χ1v) is 14.7. The largest absolute Gasteiger partial charge is 0.455 e. The van der Waals surface area contributed by atoms with Crippen molar-refractivity contribution < 1.29 is 23.4 Å². The highest BCUT2D eigenvalue weighted by atomic mass is 32.2. The van der Waals surface area contributed by atoms with Gasteiger partial charge in [0, 0.05) is 52.1 Å². The average molecular weight is 589 g/mol. The minimum Gasteiger partial charge on any atom is -0.455 e. The van der Waals surface area contributed by atoms with Crippen molar-refractivity contribution in [3.63, 3.8) is 0 Å². The molecule has 42 heavy (non-hydrogen) atoms. The maximum Gasteiger partial charge on any atom is 0.287 e. The number of furan rings is 1. The summed E-state index contributed by atoms with van der Waals surface area (Å²) in [5.41, 5.74) is 2.81. The van der Waals surface area contributed by atoms with Crippen molar-refractivity contribution in [2.75, 3.05) is 45.0 Å². The Bertz CT molecular complexity index is 1510. The van der Waals surface area contributed by atoms with Gasteiger partial charge in [-0.05, 0) is 42.0 Å². The molecule has 12 heteroatoms. The molecule has 1 fully saturated rings. The zero-order chi connectivity index (χ0) is 28.7. The molecule has 3 aromatic heterocycles. The monoisotopic (exact) mass is 588 g/mol. The molecular formula is C30H32N6O5S. The van der Waals surface area contributed by atoms with E-state index in [1.54, 1.807) is 19.4 Å². The molecule has 2 aliphatic heterocycles. The molecule has 5 heterocycles. The molecule has 11 nitrogen and oxygen atoms in total. The molecule has 0 unspecified atom stereocenters. The summed E-state index contributed by atoms with van der Waals surface area (Å²) < 4.78 is 22.1. The normalized spacial score (nSPS) is 14.7. The number of carbonyl (C=O) groups is 1. The Morgan fingerprint density at radius 2 is 1.88 bits per heavy atom. The van der Waals surface area contributed by atoms with E-state index in [-0.39, 0.29) is 18.5 Å². The van der Waals surface area contributed by atoms with Crippen LogP contribution in [0, 0.1) is 0 Å². The first-order valence-electron chi connectivity index (χ1n) is 13.8. The number of nitrogens with one attached hydrogen (secondary N) is 1. The predicted octanol–water partition coefficient (Wildman–Crippen LogP) is 3.88. The molecule has 4 aromatic rings. The van der Waals surface area contributed by atoms with Gasteiger partial charge in [0.25, 0.3) is 5.91 Å². The minimum absolute atomic E-state index is 0.259. The number of hydrogen-bond donors (Lipinski definition) is 1. The van der Waals surface area contributed by atoms with Crippen LogP contribution in [0.2, 0.25) is 0 Å². The fourth-order valence-electron chi connectivity index (χ4n) is 4.81. The van der Waals surface area contributed by atoms with Crippen LogP contribution >= 0.6 is 11.8 Å². The average Bonchev–Trinajstić information content (AvgIpc) is 3.70. The van der Waals surface area contributed by atoms with E-state index in [2.05, 4.69) is 37.2 Å². The van der Waals surface area contributed by atoms with Gasteiger partial charge in [-0.1, -0.05) is 23.9 Å². The van der Waals surface area contributed by atoms with E-state index >= 15 is 0 Å². The second-order valence-corrected chi connectivity index (χ2v) is 10.9. The van der Waals surface area contributed by atoms with E-state index in [4.69, 9.17) is 23.6 Å². The maximum atomic E-state index is 12.5. The summed E-state index contributed by atoms with van der Waals surface area (Å²) in [6.07, 6.45) is 1.70. The summed E-state index contributed by atoms with van der Waals surface area (Å²) in [4.78, 5) is 31.0. The number of ether oxygens (including phenoxy) is 3. The highest BCUT2D eigenvalue weighted by Gasteiger charge is 2.21. The summed E-state index contributed by atoms with van der Waals surface area (Å²) in [5.74, 6) is 3.65. The molecule has 0 aliphatic carbocycles. The van der Waals surface area contributed by atoms with Crippen molar-refractivity contribution in [3.8, 4) is 11.5 Å². The van der Waals surface area contributed by atoms with Crippen molar-refractivity contribution in [1.29, 1.82) is 0 Å². The van der Waals surface area contributed by atoms with Crippen LogP contribution in [-0.4, -0.2) is 65.8 Å². The van der Waals surface area contributed by atoms with Gasteiger partial charge in [-0.2, -0.15) is 0 Å². The smallest absolute Gasteiger partial charge is 0.287 e. The van der Waals surface area contributed by atoms with E-state index in [1.165, 1.54) is 17.3 Å². The molecule has 6 rings (SSSR count). The van der Waals surface area contributed by atoms with Gasteiger partial charge in [0.05, 0.1) is 30.3 Å². The van der Waals surface area contributed by atoms with E-state index in [0.29, 0.717) is 29.8 Å². The van der Waals surface area contributed by atoms with Crippen LogP contribution in [0.25, 0.3) is 0 Å². The number of rotatable bonds is 11. The topological polar surface area (TPSA) is 115 Å². The minimum atomic E-state index is -0.282. The maximum absolute atomic E-state index is 12.5. The van der Waals surface area contributed by atoms with Crippen molar-refractivity contribution >= 4 is 23.5 Å². The van der Waals surface area contributed by atoms with E-state index < -0.39 is 0 Å². The number of piperazine rings is 1. The Balaban J connectivity index is 1.04. The molecule has 1 aromatic carbocycles. The number of methoxy groups -OCH3 is 1. The van der Waals surface area contributed by atoms with Crippen LogP contribution < -0.4 is 19.7 Å². The van der Waals surface area contributed by atoms with Gasteiger partial charge in [0.2, 0.25) is 6.79 Å². The molecule has 0 saturated carbocycles. The van der Waals surface area contributed by atoms with Crippen molar-refractivity contribution in [2.45, 2.75) is 30.6 Å². The van der Waals surface area contributed by atoms with Crippen molar-refractivity contribution in [3.05, 3.63) is 89.3 Å². The van der Waals surface area contributed by atoms with Crippen LogP contribution in [0.15, 0.2) is 70.4 Å². The molecule has 0 radical (unpaired) electrons. The summed E-state index contributed by atoms with van der Waals surface area (Å²) in [6, 6.07) is 17.2. The molecule has 0 spiro atoms. The second-order valence-electron chi connectivity index (χ2n) is 9.94. The first-order chi connectivity index (χ1) is 20.6. The van der Waals surface area contributed by atoms with Gasteiger partial charge < -0.3 is 28.8 Å². The molecule has 218 valence electrons. The highest BCUT2D eigenvalue weighted by Crippen LogP contribution is 2.33. The molecule has 0 atom stereocenters. The molecule has 0 bridgehead atoms. The second kappa shape index (κ2) is 13.2. The molecule has 1 amide bonds. The number of fused-ring (bicyclic) bond motifs is 1. The van der Waals surface area contributed by atoms with E-state index in [1.807, 2.05) is 36.4 Å². The number of thioether (sulfide) groups is 1.